The highest BCUT2D eigenvalue weighted by molar-refractivity contribution is 5.55. The van der Waals surface area contributed by atoms with Crippen LogP contribution < -0.4 is 19.7 Å². The molecule has 0 aromatic heterocycles. The van der Waals surface area contributed by atoms with E-state index >= 15 is 0 Å². The third-order valence-electron chi connectivity index (χ3n) is 4.63. The minimum Gasteiger partial charge on any atom is -0.497 e. The second kappa shape index (κ2) is 7.96. The van der Waals surface area contributed by atoms with Gasteiger partial charge in [-0.05, 0) is 31.0 Å². The summed E-state index contributed by atoms with van der Waals surface area (Å²) in [4.78, 5) is 2.03. The Labute approximate surface area is 152 Å². The lowest BCUT2D eigenvalue weighted by atomic mass is 10.0. The van der Waals surface area contributed by atoms with Crippen molar-refractivity contribution in [1.82, 2.24) is 0 Å². The lowest BCUT2D eigenvalue weighted by Crippen LogP contribution is -2.39. The van der Waals surface area contributed by atoms with E-state index < -0.39 is 0 Å². The standard InChI is InChI=1S/C20H22FN3O2/c1-25-17-10-16(11-18(12-17)26-2)23-15-5-7-24(8-6-15)20-4-3-14(13-22)9-19(20)21/h3-4,9-12,15,23H,5-8H2,1-2H3. The van der Waals surface area contributed by atoms with Crippen molar-refractivity contribution in [3.05, 3.63) is 47.8 Å². The van der Waals surface area contributed by atoms with Crippen LogP contribution in [0.25, 0.3) is 0 Å². The van der Waals surface area contributed by atoms with Crippen LogP contribution in [0.4, 0.5) is 15.8 Å². The summed E-state index contributed by atoms with van der Waals surface area (Å²) in [6.07, 6.45) is 1.78. The highest BCUT2D eigenvalue weighted by atomic mass is 19.1. The third-order valence-corrected chi connectivity index (χ3v) is 4.63. The van der Waals surface area contributed by atoms with E-state index in [9.17, 15) is 4.39 Å². The Balaban J connectivity index is 1.63. The summed E-state index contributed by atoms with van der Waals surface area (Å²) in [6.45, 7) is 1.50. The maximum absolute atomic E-state index is 14.2. The van der Waals surface area contributed by atoms with Crippen LogP contribution in [-0.4, -0.2) is 33.4 Å². The molecule has 0 amide bonds. The fourth-order valence-corrected chi connectivity index (χ4v) is 3.22. The summed E-state index contributed by atoms with van der Waals surface area (Å²) in [7, 11) is 3.26. The molecule has 0 bridgehead atoms. The lowest BCUT2D eigenvalue weighted by Gasteiger charge is -2.34. The van der Waals surface area contributed by atoms with E-state index in [1.807, 2.05) is 29.2 Å². The minimum absolute atomic E-state index is 0.296. The van der Waals surface area contributed by atoms with Gasteiger partial charge < -0.3 is 19.7 Å². The molecular formula is C20H22FN3O2. The number of benzene rings is 2. The average molecular weight is 355 g/mol. The van der Waals surface area contributed by atoms with Gasteiger partial charge in [-0.1, -0.05) is 0 Å². The Hall–Kier alpha value is -2.94. The Morgan fingerprint density at radius 2 is 1.73 bits per heavy atom. The summed E-state index contributed by atoms with van der Waals surface area (Å²) in [6, 6.07) is 12.6. The number of nitriles is 1. The fraction of sp³-hybridized carbons (Fsp3) is 0.350. The van der Waals surface area contributed by atoms with Crippen molar-refractivity contribution < 1.29 is 13.9 Å². The second-order valence-electron chi connectivity index (χ2n) is 6.28. The Bertz CT molecular complexity index is 789. The first kappa shape index (κ1) is 17.9. The normalized spacial score (nSPS) is 14.6. The number of anilines is 2. The smallest absolute Gasteiger partial charge is 0.147 e. The average Bonchev–Trinajstić information content (AvgIpc) is 2.68. The van der Waals surface area contributed by atoms with Crippen LogP contribution in [0.5, 0.6) is 11.5 Å². The molecule has 3 rings (SSSR count). The predicted molar refractivity (Wildman–Crippen MR) is 99.5 cm³/mol. The Kier molecular flexibility index (Phi) is 5.47. The molecule has 0 radical (unpaired) electrons. The van der Waals surface area contributed by atoms with Crippen LogP contribution in [0.2, 0.25) is 0 Å². The molecule has 1 aliphatic rings. The molecule has 0 unspecified atom stereocenters. The maximum Gasteiger partial charge on any atom is 0.147 e. The zero-order valence-corrected chi connectivity index (χ0v) is 15.0. The van der Waals surface area contributed by atoms with E-state index in [2.05, 4.69) is 5.32 Å². The van der Waals surface area contributed by atoms with Crippen LogP contribution in [0.15, 0.2) is 36.4 Å². The predicted octanol–water partition coefficient (Wildman–Crippen LogP) is 3.80. The van der Waals surface area contributed by atoms with E-state index in [4.69, 9.17) is 14.7 Å². The van der Waals surface area contributed by atoms with Gasteiger partial charge in [0.05, 0.1) is 31.5 Å². The Morgan fingerprint density at radius 3 is 2.27 bits per heavy atom. The number of hydrogen-bond acceptors (Lipinski definition) is 5. The topological polar surface area (TPSA) is 57.5 Å². The molecular weight excluding hydrogens is 333 g/mol. The van der Waals surface area contributed by atoms with Crippen LogP contribution in [0, 0.1) is 17.1 Å². The molecule has 0 spiro atoms. The molecule has 1 N–H and O–H groups in total. The summed E-state index contributed by atoms with van der Waals surface area (Å²) < 4.78 is 24.8. The number of halogens is 1. The minimum atomic E-state index is -0.340. The van der Waals surface area contributed by atoms with Crippen LogP contribution in [0.1, 0.15) is 18.4 Å². The number of nitrogens with zero attached hydrogens (tertiary/aromatic N) is 2. The summed E-state index contributed by atoms with van der Waals surface area (Å²) >= 11 is 0. The van der Waals surface area contributed by atoms with Crippen molar-refractivity contribution in [2.24, 2.45) is 0 Å². The van der Waals surface area contributed by atoms with Crippen molar-refractivity contribution >= 4 is 11.4 Å². The largest absolute Gasteiger partial charge is 0.497 e. The number of rotatable bonds is 5. The number of piperidine rings is 1. The van der Waals surface area contributed by atoms with Gasteiger partial charge in [-0.25, -0.2) is 4.39 Å². The SMILES string of the molecule is COc1cc(NC2CCN(c3ccc(C#N)cc3F)CC2)cc(OC)c1. The van der Waals surface area contributed by atoms with E-state index in [-0.39, 0.29) is 5.82 Å². The highest BCUT2D eigenvalue weighted by Crippen LogP contribution is 2.29. The van der Waals surface area contributed by atoms with Crippen molar-refractivity contribution in [2.75, 3.05) is 37.5 Å². The first-order valence-corrected chi connectivity index (χ1v) is 8.57. The van der Waals surface area contributed by atoms with E-state index in [0.29, 0.717) is 17.3 Å². The molecule has 0 atom stereocenters. The molecule has 5 nitrogen and oxygen atoms in total. The van der Waals surface area contributed by atoms with Crippen LogP contribution >= 0.6 is 0 Å². The number of nitrogens with one attached hydrogen (secondary N) is 1. The van der Waals surface area contributed by atoms with Crippen molar-refractivity contribution in [3.63, 3.8) is 0 Å². The van der Waals surface area contributed by atoms with Crippen molar-refractivity contribution in [2.45, 2.75) is 18.9 Å². The van der Waals surface area contributed by atoms with Crippen LogP contribution in [0.3, 0.4) is 0 Å². The molecule has 0 aliphatic carbocycles. The third kappa shape index (κ3) is 3.99. The number of methoxy groups -OCH3 is 2. The van der Waals surface area contributed by atoms with Gasteiger partial charge in [-0.3, -0.25) is 0 Å². The second-order valence-corrected chi connectivity index (χ2v) is 6.28. The van der Waals surface area contributed by atoms with Gasteiger partial charge in [0.2, 0.25) is 0 Å². The zero-order valence-electron chi connectivity index (χ0n) is 15.0. The number of hydrogen-bond donors (Lipinski definition) is 1. The van der Waals surface area contributed by atoms with Gasteiger partial charge in [0, 0.05) is 43.0 Å². The lowest BCUT2D eigenvalue weighted by molar-refractivity contribution is 0.394. The molecule has 6 heteroatoms. The molecule has 1 aliphatic heterocycles. The van der Waals surface area contributed by atoms with Gasteiger partial charge in [-0.15, -0.1) is 0 Å². The summed E-state index contributed by atoms with van der Waals surface area (Å²) in [5, 5.41) is 12.4. The molecule has 1 heterocycles. The Morgan fingerprint density at radius 1 is 1.08 bits per heavy atom. The van der Waals surface area contributed by atoms with Gasteiger partial charge in [0.1, 0.15) is 17.3 Å². The molecule has 2 aromatic carbocycles. The van der Waals surface area contributed by atoms with Gasteiger partial charge in [0.25, 0.3) is 0 Å². The zero-order chi connectivity index (χ0) is 18.5. The summed E-state index contributed by atoms with van der Waals surface area (Å²) in [5.41, 5.74) is 1.85. The van der Waals surface area contributed by atoms with E-state index in [1.165, 1.54) is 6.07 Å². The molecule has 1 fully saturated rings. The van der Waals surface area contributed by atoms with E-state index in [0.717, 1.165) is 43.1 Å². The monoisotopic (exact) mass is 355 g/mol. The molecule has 136 valence electrons. The van der Waals surface area contributed by atoms with Gasteiger partial charge >= 0.3 is 0 Å². The fourth-order valence-electron chi connectivity index (χ4n) is 3.22. The molecule has 1 saturated heterocycles. The van der Waals surface area contributed by atoms with Crippen molar-refractivity contribution in [3.8, 4) is 17.6 Å². The van der Waals surface area contributed by atoms with Crippen LogP contribution in [-0.2, 0) is 0 Å². The first-order chi connectivity index (χ1) is 12.6. The maximum atomic E-state index is 14.2. The van der Waals surface area contributed by atoms with E-state index in [1.54, 1.807) is 26.4 Å². The first-order valence-electron chi connectivity index (χ1n) is 8.57. The number of ether oxygens (including phenoxy) is 2. The molecule has 2 aromatic rings. The summed E-state index contributed by atoms with van der Waals surface area (Å²) in [5.74, 6) is 1.14. The quantitative estimate of drug-likeness (QED) is 0.884. The van der Waals surface area contributed by atoms with Gasteiger partial charge in [-0.2, -0.15) is 5.26 Å². The highest BCUT2D eigenvalue weighted by Gasteiger charge is 2.21. The molecule has 26 heavy (non-hydrogen) atoms. The molecule has 0 saturated carbocycles. The van der Waals surface area contributed by atoms with Crippen molar-refractivity contribution in [1.29, 1.82) is 5.26 Å². The van der Waals surface area contributed by atoms with Gasteiger partial charge in [0.15, 0.2) is 0 Å².